The van der Waals surface area contributed by atoms with Crippen molar-refractivity contribution in [1.82, 2.24) is 9.78 Å². The smallest absolute Gasteiger partial charge is 0.130 e. The van der Waals surface area contributed by atoms with Crippen LogP contribution in [0, 0.1) is 12.7 Å². The quantitative estimate of drug-likeness (QED) is 0.842. The molecule has 0 aliphatic heterocycles. The summed E-state index contributed by atoms with van der Waals surface area (Å²) in [4.78, 5) is 0. The summed E-state index contributed by atoms with van der Waals surface area (Å²) in [5.74, 6) is -0.291. The summed E-state index contributed by atoms with van der Waals surface area (Å²) >= 11 is 0. The van der Waals surface area contributed by atoms with E-state index >= 15 is 0 Å². The van der Waals surface area contributed by atoms with Crippen molar-refractivity contribution in [3.8, 4) is 5.69 Å². The molecule has 0 aliphatic carbocycles. The summed E-state index contributed by atoms with van der Waals surface area (Å²) in [6, 6.07) is 6.40. The highest BCUT2D eigenvalue weighted by atomic mass is 19.1. The highest BCUT2D eigenvalue weighted by Crippen LogP contribution is 2.22. The van der Waals surface area contributed by atoms with E-state index in [-0.39, 0.29) is 11.9 Å². The molecule has 2 aromatic rings. The van der Waals surface area contributed by atoms with Crippen LogP contribution in [-0.2, 0) is 0 Å². The number of aryl methyl sites for hydroxylation is 1. The fraction of sp³-hybridized carbons (Fsp3) is 0.250. The summed E-state index contributed by atoms with van der Waals surface area (Å²) in [5, 5.41) is 4.26. The number of rotatable bonds is 2. The first-order valence-electron chi connectivity index (χ1n) is 5.16. The van der Waals surface area contributed by atoms with E-state index in [0.29, 0.717) is 11.3 Å². The summed E-state index contributed by atoms with van der Waals surface area (Å²) in [6.45, 7) is 3.65. The summed E-state index contributed by atoms with van der Waals surface area (Å²) in [7, 11) is 0. The lowest BCUT2D eigenvalue weighted by Gasteiger charge is -2.13. The lowest BCUT2D eigenvalue weighted by molar-refractivity contribution is 0.589. The fourth-order valence-corrected chi connectivity index (χ4v) is 1.73. The second kappa shape index (κ2) is 4.06. The third kappa shape index (κ3) is 1.84. The van der Waals surface area contributed by atoms with Crippen molar-refractivity contribution < 1.29 is 4.39 Å². The van der Waals surface area contributed by atoms with Gasteiger partial charge in [-0.2, -0.15) is 5.10 Å². The van der Waals surface area contributed by atoms with E-state index in [1.54, 1.807) is 23.9 Å². The largest absolute Gasteiger partial charge is 0.324 e. The number of aromatic nitrogens is 2. The zero-order chi connectivity index (χ0) is 11.7. The van der Waals surface area contributed by atoms with Crippen molar-refractivity contribution in [2.45, 2.75) is 19.9 Å². The Bertz CT molecular complexity index is 503. The Kier molecular flexibility index (Phi) is 2.75. The van der Waals surface area contributed by atoms with Gasteiger partial charge in [-0.05, 0) is 32.0 Å². The molecule has 0 radical (unpaired) electrons. The fourth-order valence-electron chi connectivity index (χ4n) is 1.73. The zero-order valence-electron chi connectivity index (χ0n) is 9.31. The van der Waals surface area contributed by atoms with E-state index < -0.39 is 0 Å². The van der Waals surface area contributed by atoms with Gasteiger partial charge in [0.2, 0.25) is 0 Å². The zero-order valence-corrected chi connectivity index (χ0v) is 9.31. The normalized spacial score (nSPS) is 12.8. The molecule has 0 unspecified atom stereocenters. The molecule has 0 fully saturated rings. The highest BCUT2D eigenvalue weighted by molar-refractivity contribution is 5.43. The summed E-state index contributed by atoms with van der Waals surface area (Å²) in [5.41, 5.74) is 7.86. The van der Waals surface area contributed by atoms with Gasteiger partial charge in [-0.25, -0.2) is 9.07 Å². The summed E-state index contributed by atoms with van der Waals surface area (Å²) in [6.07, 6.45) is 1.80. The first kappa shape index (κ1) is 10.8. The predicted molar refractivity (Wildman–Crippen MR) is 60.9 cm³/mol. The number of halogens is 1. The molecule has 0 spiro atoms. The number of hydrogen-bond donors (Lipinski definition) is 1. The highest BCUT2D eigenvalue weighted by Gasteiger charge is 2.14. The van der Waals surface area contributed by atoms with Crippen LogP contribution in [0.1, 0.15) is 24.2 Å². The number of nitrogens with zero attached hydrogens (tertiary/aromatic N) is 2. The second-order valence-corrected chi connectivity index (χ2v) is 3.86. The van der Waals surface area contributed by atoms with Crippen LogP contribution < -0.4 is 5.73 Å². The van der Waals surface area contributed by atoms with Gasteiger partial charge in [-0.15, -0.1) is 0 Å². The molecule has 0 saturated carbocycles. The van der Waals surface area contributed by atoms with E-state index in [1.165, 1.54) is 6.07 Å². The SMILES string of the molecule is Cc1ccn(-c2cccc(F)c2[C@@H](C)N)n1. The van der Waals surface area contributed by atoms with E-state index in [2.05, 4.69) is 5.10 Å². The lowest BCUT2D eigenvalue weighted by Crippen LogP contribution is -2.12. The molecule has 1 atom stereocenters. The van der Waals surface area contributed by atoms with E-state index in [4.69, 9.17) is 5.73 Å². The average Bonchev–Trinajstić information content (AvgIpc) is 2.63. The van der Waals surface area contributed by atoms with Gasteiger partial charge in [0.1, 0.15) is 5.82 Å². The van der Waals surface area contributed by atoms with Gasteiger partial charge in [0.15, 0.2) is 0 Å². The van der Waals surface area contributed by atoms with Gasteiger partial charge in [-0.1, -0.05) is 6.07 Å². The maximum Gasteiger partial charge on any atom is 0.130 e. The number of nitrogens with two attached hydrogens (primary N) is 1. The molecule has 2 N–H and O–H groups in total. The topological polar surface area (TPSA) is 43.8 Å². The van der Waals surface area contributed by atoms with Crippen LogP contribution in [0.15, 0.2) is 30.5 Å². The molecule has 4 heteroatoms. The van der Waals surface area contributed by atoms with Crippen molar-refractivity contribution >= 4 is 0 Å². The van der Waals surface area contributed by atoms with Gasteiger partial charge in [-0.3, -0.25) is 0 Å². The minimum Gasteiger partial charge on any atom is -0.324 e. The minimum atomic E-state index is -0.360. The third-order valence-corrected chi connectivity index (χ3v) is 2.45. The average molecular weight is 219 g/mol. The van der Waals surface area contributed by atoms with Crippen molar-refractivity contribution in [3.63, 3.8) is 0 Å². The Hall–Kier alpha value is -1.68. The molecule has 0 saturated heterocycles. The Morgan fingerprint density at radius 2 is 2.12 bits per heavy atom. The van der Waals surface area contributed by atoms with Gasteiger partial charge in [0.25, 0.3) is 0 Å². The van der Waals surface area contributed by atoms with Crippen LogP contribution in [0.2, 0.25) is 0 Å². The lowest BCUT2D eigenvalue weighted by atomic mass is 10.1. The number of benzene rings is 1. The molecular formula is C12H14FN3. The minimum absolute atomic E-state index is 0.291. The summed E-state index contributed by atoms with van der Waals surface area (Å²) < 4.78 is 15.3. The molecule has 0 bridgehead atoms. The maximum absolute atomic E-state index is 13.7. The van der Waals surface area contributed by atoms with E-state index in [9.17, 15) is 4.39 Å². The van der Waals surface area contributed by atoms with Crippen molar-refractivity contribution in [2.24, 2.45) is 5.73 Å². The first-order chi connectivity index (χ1) is 7.59. The first-order valence-corrected chi connectivity index (χ1v) is 5.16. The molecular weight excluding hydrogens is 205 g/mol. The molecule has 0 amide bonds. The van der Waals surface area contributed by atoms with E-state index in [0.717, 1.165) is 5.69 Å². The maximum atomic E-state index is 13.7. The molecule has 1 heterocycles. The Morgan fingerprint density at radius 3 is 2.69 bits per heavy atom. The Labute approximate surface area is 93.7 Å². The van der Waals surface area contributed by atoms with Gasteiger partial charge < -0.3 is 5.73 Å². The van der Waals surface area contributed by atoms with Crippen LogP contribution in [-0.4, -0.2) is 9.78 Å². The third-order valence-electron chi connectivity index (χ3n) is 2.45. The van der Waals surface area contributed by atoms with Crippen LogP contribution in [0.5, 0.6) is 0 Å². The standard InChI is InChI=1S/C12H14FN3/c1-8-6-7-16(15-8)11-5-3-4-10(13)12(11)9(2)14/h3-7,9H,14H2,1-2H3/t9-/m1/s1. The predicted octanol–water partition coefficient (Wildman–Crippen LogP) is 2.34. The monoisotopic (exact) mass is 219 g/mol. The Morgan fingerprint density at radius 1 is 1.38 bits per heavy atom. The van der Waals surface area contributed by atoms with Gasteiger partial charge in [0.05, 0.1) is 11.4 Å². The van der Waals surface area contributed by atoms with Crippen LogP contribution >= 0.6 is 0 Å². The Balaban J connectivity index is 2.60. The molecule has 0 aliphatic rings. The van der Waals surface area contributed by atoms with Crippen molar-refractivity contribution in [3.05, 3.63) is 47.5 Å². The number of hydrogen-bond acceptors (Lipinski definition) is 2. The van der Waals surface area contributed by atoms with Crippen LogP contribution in [0.3, 0.4) is 0 Å². The van der Waals surface area contributed by atoms with Gasteiger partial charge in [0, 0.05) is 17.8 Å². The second-order valence-electron chi connectivity index (χ2n) is 3.86. The molecule has 1 aromatic heterocycles. The molecule has 2 rings (SSSR count). The molecule has 3 nitrogen and oxygen atoms in total. The van der Waals surface area contributed by atoms with E-state index in [1.807, 2.05) is 19.1 Å². The molecule has 16 heavy (non-hydrogen) atoms. The molecule has 84 valence electrons. The van der Waals surface area contributed by atoms with Crippen molar-refractivity contribution in [2.75, 3.05) is 0 Å². The van der Waals surface area contributed by atoms with Crippen molar-refractivity contribution in [1.29, 1.82) is 0 Å². The van der Waals surface area contributed by atoms with Gasteiger partial charge >= 0.3 is 0 Å². The molecule has 1 aromatic carbocycles. The van der Waals surface area contributed by atoms with Crippen LogP contribution in [0.4, 0.5) is 4.39 Å². The van der Waals surface area contributed by atoms with Crippen LogP contribution in [0.25, 0.3) is 5.69 Å².